The quantitative estimate of drug-likeness (QED) is 0.223. The van der Waals surface area contributed by atoms with Gasteiger partial charge in [-0.1, -0.05) is 53.7 Å². The van der Waals surface area contributed by atoms with Crippen LogP contribution < -0.4 is 10.2 Å². The molecule has 0 spiro atoms. The van der Waals surface area contributed by atoms with Crippen LogP contribution in [0, 0.1) is 0 Å². The molecule has 1 heterocycles. The number of rotatable bonds is 8. The number of carbonyl (C=O) groups excluding carboxylic acids is 1. The normalized spacial score (nSPS) is 11.0. The first-order valence-corrected chi connectivity index (χ1v) is 11.4. The number of carbonyl (C=O) groups is 1. The Morgan fingerprint density at radius 2 is 1.88 bits per heavy atom. The van der Waals surface area contributed by atoms with Crippen molar-refractivity contribution in [2.45, 2.75) is 5.16 Å². The number of methoxy groups -OCH3 is 1. The first kappa shape index (κ1) is 22.6. The molecule has 0 fully saturated rings. The topological polar surface area (TPSA) is 81.4 Å². The molecule has 0 saturated heterocycles. The fraction of sp³-hybridized carbons (Fsp3) is 0.0833. The summed E-state index contributed by atoms with van der Waals surface area (Å²) in [5, 5.41) is 13.9. The van der Waals surface area contributed by atoms with Crippen LogP contribution in [0.15, 0.2) is 89.1 Å². The molecule has 0 radical (unpaired) electrons. The number of hydrazone groups is 1. The second-order valence-electron chi connectivity index (χ2n) is 6.84. The standard InChI is InChI=1S/C24H20ClN5O2S/c1-32-21-9-5-6-17(14-21)15-26-27-22(31)16-33-24-29-28-23(18-10-12-19(25)13-11-18)30(24)20-7-3-2-4-8-20/h2-15H,16H2,1H3,(H,27,31). The number of benzene rings is 3. The van der Waals surface area contributed by atoms with Gasteiger partial charge in [-0.25, -0.2) is 5.43 Å². The van der Waals surface area contributed by atoms with Crippen molar-refractivity contribution in [3.05, 3.63) is 89.4 Å². The zero-order valence-corrected chi connectivity index (χ0v) is 19.3. The molecule has 1 amide bonds. The van der Waals surface area contributed by atoms with Gasteiger partial charge in [-0.2, -0.15) is 5.10 Å². The van der Waals surface area contributed by atoms with Crippen LogP contribution in [0.1, 0.15) is 5.56 Å². The summed E-state index contributed by atoms with van der Waals surface area (Å²) in [5.41, 5.74) is 5.12. The third-order valence-electron chi connectivity index (χ3n) is 4.58. The first-order chi connectivity index (χ1) is 16.1. The fourth-order valence-corrected chi connectivity index (χ4v) is 3.89. The van der Waals surface area contributed by atoms with E-state index in [0.717, 1.165) is 22.6 Å². The Morgan fingerprint density at radius 1 is 1.09 bits per heavy atom. The van der Waals surface area contributed by atoms with Crippen LogP contribution in [0.4, 0.5) is 0 Å². The van der Waals surface area contributed by atoms with Gasteiger partial charge in [0.25, 0.3) is 5.91 Å². The average molecular weight is 478 g/mol. The Bertz CT molecular complexity index is 1260. The Morgan fingerprint density at radius 3 is 2.64 bits per heavy atom. The van der Waals surface area contributed by atoms with Crippen molar-refractivity contribution in [3.63, 3.8) is 0 Å². The van der Waals surface area contributed by atoms with E-state index in [2.05, 4.69) is 20.7 Å². The van der Waals surface area contributed by atoms with E-state index in [0.29, 0.717) is 16.0 Å². The predicted molar refractivity (Wildman–Crippen MR) is 131 cm³/mol. The number of halogens is 1. The van der Waals surface area contributed by atoms with Gasteiger partial charge in [-0.15, -0.1) is 10.2 Å². The highest BCUT2D eigenvalue weighted by molar-refractivity contribution is 7.99. The maximum atomic E-state index is 12.3. The predicted octanol–water partition coefficient (Wildman–Crippen LogP) is 4.84. The maximum absolute atomic E-state index is 12.3. The van der Waals surface area contributed by atoms with Gasteiger partial charge in [0.15, 0.2) is 11.0 Å². The largest absolute Gasteiger partial charge is 0.497 e. The van der Waals surface area contributed by atoms with Gasteiger partial charge in [-0.05, 0) is 54.1 Å². The molecule has 1 N–H and O–H groups in total. The molecule has 1 aromatic heterocycles. The van der Waals surface area contributed by atoms with Gasteiger partial charge in [0.1, 0.15) is 5.75 Å². The number of para-hydroxylation sites is 1. The number of hydrogen-bond acceptors (Lipinski definition) is 6. The monoisotopic (exact) mass is 477 g/mol. The van der Waals surface area contributed by atoms with E-state index in [4.69, 9.17) is 16.3 Å². The molecule has 33 heavy (non-hydrogen) atoms. The zero-order valence-electron chi connectivity index (χ0n) is 17.7. The van der Waals surface area contributed by atoms with Crippen LogP contribution in [0.2, 0.25) is 5.02 Å². The molecule has 0 saturated carbocycles. The minimum Gasteiger partial charge on any atom is -0.497 e. The second kappa shape index (κ2) is 10.8. The molecular formula is C24H20ClN5O2S. The average Bonchev–Trinajstić information content (AvgIpc) is 3.28. The molecule has 0 aliphatic carbocycles. The van der Waals surface area contributed by atoms with Gasteiger partial charge in [0.2, 0.25) is 0 Å². The number of nitrogens with zero attached hydrogens (tertiary/aromatic N) is 4. The molecular weight excluding hydrogens is 458 g/mol. The van der Waals surface area contributed by atoms with Gasteiger partial charge < -0.3 is 4.74 Å². The van der Waals surface area contributed by atoms with E-state index in [1.54, 1.807) is 13.3 Å². The SMILES string of the molecule is COc1cccc(C=NNC(=O)CSc2nnc(-c3ccc(Cl)cc3)n2-c2ccccc2)c1. The lowest BCUT2D eigenvalue weighted by Crippen LogP contribution is -2.20. The molecule has 9 heteroatoms. The minimum absolute atomic E-state index is 0.126. The number of nitrogens with one attached hydrogen (secondary N) is 1. The lowest BCUT2D eigenvalue weighted by Gasteiger charge is -2.10. The van der Waals surface area contributed by atoms with E-state index in [1.807, 2.05) is 83.4 Å². The summed E-state index contributed by atoms with van der Waals surface area (Å²) < 4.78 is 7.10. The number of ether oxygens (including phenoxy) is 1. The van der Waals surface area contributed by atoms with Crippen molar-refractivity contribution in [2.75, 3.05) is 12.9 Å². The Hall–Kier alpha value is -3.62. The van der Waals surface area contributed by atoms with Crippen LogP contribution in [0.5, 0.6) is 5.75 Å². The Kier molecular flexibility index (Phi) is 7.39. The first-order valence-electron chi connectivity index (χ1n) is 9.99. The fourth-order valence-electron chi connectivity index (χ4n) is 3.02. The number of aromatic nitrogens is 3. The maximum Gasteiger partial charge on any atom is 0.250 e. The minimum atomic E-state index is -0.255. The summed E-state index contributed by atoms with van der Waals surface area (Å²) in [7, 11) is 1.60. The van der Waals surface area contributed by atoms with Crippen molar-refractivity contribution in [1.82, 2.24) is 20.2 Å². The van der Waals surface area contributed by atoms with E-state index >= 15 is 0 Å². The zero-order chi connectivity index (χ0) is 23.0. The van der Waals surface area contributed by atoms with Gasteiger partial charge in [0.05, 0.1) is 19.1 Å². The molecule has 0 aliphatic heterocycles. The molecule has 0 bridgehead atoms. The van der Waals surface area contributed by atoms with Gasteiger partial charge in [-0.3, -0.25) is 9.36 Å². The van der Waals surface area contributed by atoms with Crippen LogP contribution in [-0.2, 0) is 4.79 Å². The molecule has 0 atom stereocenters. The van der Waals surface area contributed by atoms with Crippen LogP contribution >= 0.6 is 23.4 Å². The lowest BCUT2D eigenvalue weighted by molar-refractivity contribution is -0.118. The highest BCUT2D eigenvalue weighted by atomic mass is 35.5. The molecule has 7 nitrogen and oxygen atoms in total. The number of amides is 1. The van der Waals surface area contributed by atoms with E-state index < -0.39 is 0 Å². The summed E-state index contributed by atoms with van der Waals surface area (Å²) in [5.74, 6) is 1.25. The lowest BCUT2D eigenvalue weighted by atomic mass is 10.2. The van der Waals surface area contributed by atoms with Crippen LogP contribution in [0.3, 0.4) is 0 Å². The van der Waals surface area contributed by atoms with Crippen LogP contribution in [0.25, 0.3) is 17.1 Å². The van der Waals surface area contributed by atoms with E-state index in [-0.39, 0.29) is 11.7 Å². The van der Waals surface area contributed by atoms with Gasteiger partial charge in [0, 0.05) is 16.3 Å². The molecule has 0 unspecified atom stereocenters. The van der Waals surface area contributed by atoms with Crippen molar-refractivity contribution in [1.29, 1.82) is 0 Å². The highest BCUT2D eigenvalue weighted by Gasteiger charge is 2.17. The number of thioether (sulfide) groups is 1. The molecule has 4 rings (SSSR count). The van der Waals surface area contributed by atoms with Crippen molar-refractivity contribution >= 4 is 35.5 Å². The summed E-state index contributed by atoms with van der Waals surface area (Å²) in [4.78, 5) is 12.3. The summed E-state index contributed by atoms with van der Waals surface area (Å²) in [6, 6.07) is 24.5. The summed E-state index contributed by atoms with van der Waals surface area (Å²) >= 11 is 7.31. The van der Waals surface area contributed by atoms with E-state index in [1.165, 1.54) is 11.8 Å². The third kappa shape index (κ3) is 5.79. The summed E-state index contributed by atoms with van der Waals surface area (Å²) in [6.07, 6.45) is 1.57. The van der Waals surface area contributed by atoms with Crippen LogP contribution in [-0.4, -0.2) is 39.7 Å². The highest BCUT2D eigenvalue weighted by Crippen LogP contribution is 2.28. The Balaban J connectivity index is 1.48. The smallest absolute Gasteiger partial charge is 0.250 e. The van der Waals surface area contributed by atoms with Crippen molar-refractivity contribution < 1.29 is 9.53 Å². The van der Waals surface area contributed by atoms with Crippen molar-refractivity contribution in [2.24, 2.45) is 5.10 Å². The Labute approximate surface area is 200 Å². The second-order valence-corrected chi connectivity index (χ2v) is 8.22. The molecule has 0 aliphatic rings. The molecule has 166 valence electrons. The third-order valence-corrected chi connectivity index (χ3v) is 5.76. The summed E-state index contributed by atoms with van der Waals surface area (Å²) in [6.45, 7) is 0. The van der Waals surface area contributed by atoms with Crippen molar-refractivity contribution in [3.8, 4) is 22.8 Å². The molecule has 3 aromatic carbocycles. The number of hydrogen-bond donors (Lipinski definition) is 1. The van der Waals surface area contributed by atoms with E-state index in [9.17, 15) is 4.79 Å². The van der Waals surface area contributed by atoms with Gasteiger partial charge >= 0.3 is 0 Å². The molecule has 4 aromatic rings.